The normalized spacial score (nSPS) is 12.8. The Hall–Kier alpha value is -2.54. The van der Waals surface area contributed by atoms with Crippen molar-refractivity contribution in [3.8, 4) is 5.75 Å². The van der Waals surface area contributed by atoms with Crippen molar-refractivity contribution >= 4 is 27.4 Å². The van der Waals surface area contributed by atoms with Crippen molar-refractivity contribution in [2.75, 3.05) is 6.61 Å². The number of carbonyl (C=O) groups is 1. The lowest BCUT2D eigenvalue weighted by Crippen LogP contribution is -2.08. The fraction of sp³-hybridized carbons (Fsp3) is 0.444. The molecule has 3 aromatic rings. The molecule has 0 aliphatic carbocycles. The van der Waals surface area contributed by atoms with Gasteiger partial charge in [-0.1, -0.05) is 44.9 Å². The smallest absolute Gasteiger partial charge is 0.416 e. The lowest BCUT2D eigenvalue weighted by atomic mass is 9.94. The largest absolute Gasteiger partial charge is 0.493 e. The van der Waals surface area contributed by atoms with Gasteiger partial charge < -0.3 is 9.84 Å². The van der Waals surface area contributed by atoms with Gasteiger partial charge in [-0.05, 0) is 72.4 Å². The van der Waals surface area contributed by atoms with Gasteiger partial charge in [-0.2, -0.15) is 13.2 Å². The first-order valence-electron chi connectivity index (χ1n) is 11.7. The number of alkyl halides is 3. The summed E-state index contributed by atoms with van der Waals surface area (Å²) in [4.78, 5) is 12.1. The number of fused-ring (bicyclic) bond motifs is 1. The van der Waals surface area contributed by atoms with E-state index in [9.17, 15) is 18.0 Å². The molecule has 7 heteroatoms. The van der Waals surface area contributed by atoms with Crippen molar-refractivity contribution < 1.29 is 27.8 Å². The highest BCUT2D eigenvalue weighted by atomic mass is 32.1. The van der Waals surface area contributed by atoms with E-state index in [0.717, 1.165) is 70.9 Å². The number of aliphatic carboxylic acids is 1. The molecule has 0 radical (unpaired) electrons. The van der Waals surface area contributed by atoms with E-state index in [1.165, 1.54) is 17.4 Å². The molecular formula is C27H31F3O3S. The highest BCUT2D eigenvalue weighted by Crippen LogP contribution is 2.41. The van der Waals surface area contributed by atoms with Crippen molar-refractivity contribution in [3.05, 3.63) is 63.5 Å². The molecule has 0 aliphatic rings. The minimum absolute atomic E-state index is 0.0202. The second-order valence-corrected chi connectivity index (χ2v) is 9.73. The average Bonchev–Trinajstić information content (AvgIpc) is 3.11. The quantitative estimate of drug-likeness (QED) is 0.294. The van der Waals surface area contributed by atoms with Gasteiger partial charge in [-0.3, -0.25) is 4.79 Å². The first-order valence-corrected chi connectivity index (χ1v) is 12.5. The summed E-state index contributed by atoms with van der Waals surface area (Å²) in [5.74, 6) is 0.104. The van der Waals surface area contributed by atoms with Crippen molar-refractivity contribution in [2.45, 2.75) is 71.4 Å². The summed E-state index contributed by atoms with van der Waals surface area (Å²) in [7, 11) is 0. The molecule has 3 nitrogen and oxygen atoms in total. The van der Waals surface area contributed by atoms with Gasteiger partial charge in [0.25, 0.3) is 0 Å². The average molecular weight is 493 g/mol. The summed E-state index contributed by atoms with van der Waals surface area (Å²) in [5.41, 5.74) is 2.17. The number of halogens is 3. The number of unbranched alkanes of at least 4 members (excludes halogenated alkanes) is 1. The second-order valence-electron chi connectivity index (χ2n) is 8.64. The molecule has 34 heavy (non-hydrogen) atoms. The van der Waals surface area contributed by atoms with Crippen LogP contribution in [0.5, 0.6) is 5.75 Å². The Morgan fingerprint density at radius 2 is 1.88 bits per heavy atom. The van der Waals surface area contributed by atoms with Crippen LogP contribution in [-0.4, -0.2) is 17.7 Å². The second kappa shape index (κ2) is 11.3. The van der Waals surface area contributed by atoms with Crippen LogP contribution in [0.4, 0.5) is 13.2 Å². The molecule has 2 aromatic carbocycles. The molecule has 0 aliphatic heterocycles. The summed E-state index contributed by atoms with van der Waals surface area (Å²) in [6, 6.07) is 9.51. The van der Waals surface area contributed by atoms with Crippen LogP contribution in [-0.2, 0) is 23.8 Å². The fourth-order valence-electron chi connectivity index (χ4n) is 4.31. The molecule has 0 spiro atoms. The summed E-state index contributed by atoms with van der Waals surface area (Å²) < 4.78 is 46.3. The van der Waals surface area contributed by atoms with Gasteiger partial charge in [-0.15, -0.1) is 11.3 Å². The number of thiophene rings is 1. The van der Waals surface area contributed by atoms with Gasteiger partial charge in [-0.25, -0.2) is 0 Å². The van der Waals surface area contributed by atoms with Crippen LogP contribution in [0.15, 0.2) is 36.4 Å². The van der Waals surface area contributed by atoms with E-state index in [-0.39, 0.29) is 12.3 Å². The van der Waals surface area contributed by atoms with Gasteiger partial charge in [0.15, 0.2) is 0 Å². The molecule has 1 N–H and O–H groups in total. The zero-order chi connectivity index (χ0) is 24.9. The van der Waals surface area contributed by atoms with Crippen molar-refractivity contribution in [3.63, 3.8) is 0 Å². The van der Waals surface area contributed by atoms with Crippen LogP contribution in [0.1, 0.15) is 72.6 Å². The Balaban J connectivity index is 1.79. The Kier molecular flexibility index (Phi) is 8.63. The number of carboxylic acids is 1. The molecule has 0 bridgehead atoms. The SMILES string of the molecule is CCCCC(CCOc1ccc(CC(=O)O)cc1CC)c1sc2cc(C(F)(F)F)ccc2c1C. The van der Waals surface area contributed by atoms with Gasteiger partial charge in [0, 0.05) is 9.58 Å². The number of benzene rings is 2. The molecular weight excluding hydrogens is 461 g/mol. The van der Waals surface area contributed by atoms with Gasteiger partial charge in [0.2, 0.25) is 0 Å². The number of ether oxygens (including phenoxy) is 1. The van der Waals surface area contributed by atoms with Crippen molar-refractivity contribution in [2.24, 2.45) is 0 Å². The predicted molar refractivity (Wildman–Crippen MR) is 131 cm³/mol. The summed E-state index contributed by atoms with van der Waals surface area (Å²) in [5, 5.41) is 9.91. The maximum atomic E-state index is 13.2. The Labute approximate surface area is 202 Å². The van der Waals surface area contributed by atoms with Crippen LogP contribution in [0.2, 0.25) is 0 Å². The highest BCUT2D eigenvalue weighted by molar-refractivity contribution is 7.19. The monoisotopic (exact) mass is 492 g/mol. The third-order valence-corrected chi connectivity index (χ3v) is 7.58. The lowest BCUT2D eigenvalue weighted by Gasteiger charge is -2.18. The number of rotatable bonds is 11. The molecule has 1 unspecified atom stereocenters. The van der Waals surface area contributed by atoms with E-state index < -0.39 is 17.7 Å². The predicted octanol–water partition coefficient (Wildman–Crippen LogP) is 8.16. The summed E-state index contributed by atoms with van der Waals surface area (Å²) >= 11 is 1.46. The zero-order valence-corrected chi connectivity index (χ0v) is 20.6. The first-order chi connectivity index (χ1) is 16.1. The van der Waals surface area contributed by atoms with Gasteiger partial charge >= 0.3 is 12.1 Å². The lowest BCUT2D eigenvalue weighted by molar-refractivity contribution is -0.138. The molecule has 0 saturated carbocycles. The van der Waals surface area contributed by atoms with Crippen LogP contribution in [0, 0.1) is 6.92 Å². The van der Waals surface area contributed by atoms with Crippen LogP contribution >= 0.6 is 11.3 Å². The van der Waals surface area contributed by atoms with E-state index in [0.29, 0.717) is 11.3 Å². The minimum atomic E-state index is -4.35. The van der Waals surface area contributed by atoms with Gasteiger partial charge in [0.1, 0.15) is 5.75 Å². The Bertz CT molecular complexity index is 1130. The van der Waals surface area contributed by atoms with E-state index in [1.54, 1.807) is 12.1 Å². The van der Waals surface area contributed by atoms with E-state index >= 15 is 0 Å². The maximum absolute atomic E-state index is 13.2. The summed E-state index contributed by atoms with van der Waals surface area (Å²) in [6.07, 6.45) is 0.170. The molecule has 1 aromatic heterocycles. The third kappa shape index (κ3) is 6.32. The van der Waals surface area contributed by atoms with Gasteiger partial charge in [0.05, 0.1) is 18.6 Å². The van der Waals surface area contributed by atoms with Crippen LogP contribution in [0.25, 0.3) is 10.1 Å². The fourth-order valence-corrected chi connectivity index (χ4v) is 5.73. The Morgan fingerprint density at radius 3 is 2.53 bits per heavy atom. The topological polar surface area (TPSA) is 46.5 Å². The van der Waals surface area contributed by atoms with Crippen LogP contribution in [0.3, 0.4) is 0 Å². The van der Waals surface area contributed by atoms with Crippen molar-refractivity contribution in [1.82, 2.24) is 0 Å². The highest BCUT2D eigenvalue weighted by Gasteiger charge is 2.31. The molecule has 0 fully saturated rings. The molecule has 1 heterocycles. The molecule has 184 valence electrons. The zero-order valence-electron chi connectivity index (χ0n) is 19.8. The van der Waals surface area contributed by atoms with E-state index in [2.05, 4.69) is 6.92 Å². The molecule has 0 saturated heterocycles. The number of hydrogen-bond donors (Lipinski definition) is 1. The first kappa shape index (κ1) is 26.1. The maximum Gasteiger partial charge on any atom is 0.416 e. The number of carboxylic acid groups (broad SMARTS) is 1. The van der Waals surface area contributed by atoms with Crippen molar-refractivity contribution in [1.29, 1.82) is 0 Å². The van der Waals surface area contributed by atoms with E-state index in [1.807, 2.05) is 26.0 Å². The summed E-state index contributed by atoms with van der Waals surface area (Å²) in [6.45, 7) is 6.62. The Morgan fingerprint density at radius 1 is 1.12 bits per heavy atom. The minimum Gasteiger partial charge on any atom is -0.493 e. The number of aryl methyl sites for hydroxylation is 2. The molecule has 3 rings (SSSR count). The molecule has 0 amide bonds. The standard InChI is InChI=1S/C27H31F3O3S/c1-4-6-7-20(12-13-33-23-11-8-18(15-25(31)32)14-19(23)5-2)26-17(3)22-10-9-21(27(28,29)30)16-24(22)34-26/h8-11,14,16,20H,4-7,12-13,15H2,1-3H3,(H,31,32). The van der Waals surface area contributed by atoms with E-state index in [4.69, 9.17) is 9.84 Å². The number of hydrogen-bond acceptors (Lipinski definition) is 3. The van der Waals surface area contributed by atoms with Crippen LogP contribution < -0.4 is 4.74 Å². The third-order valence-electron chi connectivity index (χ3n) is 6.16. The molecule has 1 atom stereocenters.